The normalized spacial score (nSPS) is 10.7. The molecule has 0 fully saturated rings. The fraction of sp³-hybridized carbons (Fsp3) is 0.158. The zero-order valence-electron chi connectivity index (χ0n) is 13.9. The van der Waals surface area contributed by atoms with Crippen molar-refractivity contribution in [1.82, 2.24) is 0 Å². The molecule has 2 rings (SSSR count). The molecule has 5 heteroatoms. The summed E-state index contributed by atoms with van der Waals surface area (Å²) in [5.41, 5.74) is 3.37. The predicted molar refractivity (Wildman–Crippen MR) is 94.9 cm³/mol. The number of carbonyl (C=O) groups is 1. The van der Waals surface area contributed by atoms with E-state index in [1.165, 1.54) is 6.20 Å². The van der Waals surface area contributed by atoms with Gasteiger partial charge in [-0.15, -0.1) is 0 Å². The van der Waals surface area contributed by atoms with E-state index in [2.05, 4.69) is 10.6 Å². The largest absolute Gasteiger partial charge is 0.495 e. The van der Waals surface area contributed by atoms with Crippen LogP contribution in [0.15, 0.2) is 54.2 Å². The van der Waals surface area contributed by atoms with Crippen molar-refractivity contribution in [3.63, 3.8) is 0 Å². The maximum atomic E-state index is 12.2. The number of nitrogens with zero attached hydrogens (tertiary/aromatic N) is 1. The van der Waals surface area contributed by atoms with Gasteiger partial charge in [0, 0.05) is 11.9 Å². The molecule has 0 aromatic heterocycles. The van der Waals surface area contributed by atoms with E-state index < -0.39 is 5.91 Å². The van der Waals surface area contributed by atoms with E-state index in [-0.39, 0.29) is 5.57 Å². The minimum Gasteiger partial charge on any atom is -0.495 e. The molecule has 2 aromatic carbocycles. The first-order valence-corrected chi connectivity index (χ1v) is 7.43. The Morgan fingerprint density at radius 1 is 1.17 bits per heavy atom. The van der Waals surface area contributed by atoms with Crippen LogP contribution in [0, 0.1) is 25.2 Å². The first kappa shape index (κ1) is 17.1. The van der Waals surface area contributed by atoms with Crippen molar-refractivity contribution in [2.75, 3.05) is 17.7 Å². The number of carbonyl (C=O) groups excluding carboxylic acids is 1. The van der Waals surface area contributed by atoms with Crippen LogP contribution in [0.2, 0.25) is 0 Å². The maximum Gasteiger partial charge on any atom is 0.267 e. The molecule has 0 atom stereocenters. The number of nitriles is 1. The summed E-state index contributed by atoms with van der Waals surface area (Å²) in [4.78, 5) is 12.2. The Hall–Kier alpha value is -3.26. The van der Waals surface area contributed by atoms with Crippen molar-refractivity contribution in [1.29, 1.82) is 5.26 Å². The highest BCUT2D eigenvalue weighted by molar-refractivity contribution is 6.06. The monoisotopic (exact) mass is 321 g/mol. The van der Waals surface area contributed by atoms with Gasteiger partial charge < -0.3 is 15.4 Å². The zero-order chi connectivity index (χ0) is 17.5. The molecule has 0 aliphatic carbocycles. The van der Waals surface area contributed by atoms with E-state index in [1.54, 1.807) is 13.2 Å². The second-order valence-corrected chi connectivity index (χ2v) is 5.34. The quantitative estimate of drug-likeness (QED) is 0.649. The molecule has 2 N–H and O–H groups in total. The molecule has 24 heavy (non-hydrogen) atoms. The van der Waals surface area contributed by atoms with Crippen LogP contribution >= 0.6 is 0 Å². The average Bonchev–Trinajstić information content (AvgIpc) is 2.55. The van der Waals surface area contributed by atoms with E-state index in [0.29, 0.717) is 17.1 Å². The number of hydrogen-bond acceptors (Lipinski definition) is 4. The highest BCUT2D eigenvalue weighted by Crippen LogP contribution is 2.25. The van der Waals surface area contributed by atoms with E-state index in [4.69, 9.17) is 4.74 Å². The number of nitrogens with one attached hydrogen (secondary N) is 2. The van der Waals surface area contributed by atoms with Crippen molar-refractivity contribution >= 4 is 17.3 Å². The van der Waals surface area contributed by atoms with E-state index in [0.717, 1.165) is 11.1 Å². The number of amides is 1. The summed E-state index contributed by atoms with van der Waals surface area (Å²) >= 11 is 0. The Kier molecular flexibility index (Phi) is 5.58. The molecular formula is C19H19N3O2. The second-order valence-electron chi connectivity index (χ2n) is 5.34. The Morgan fingerprint density at radius 2 is 1.92 bits per heavy atom. The standard InChI is InChI=1S/C19H19N3O2/c1-13-5-4-6-16(9-13)22-19(23)15(11-20)12-21-17-10-14(2)7-8-18(17)24-3/h4-10,12,21H,1-3H3,(H,22,23)/b15-12-. The lowest BCUT2D eigenvalue weighted by Crippen LogP contribution is -2.14. The molecule has 0 saturated carbocycles. The minimum atomic E-state index is -0.470. The van der Waals surface area contributed by atoms with Crippen LogP contribution in [-0.4, -0.2) is 13.0 Å². The Labute approximate surface area is 141 Å². The van der Waals surface area contributed by atoms with Gasteiger partial charge in [0.1, 0.15) is 17.4 Å². The van der Waals surface area contributed by atoms with Crippen LogP contribution in [-0.2, 0) is 4.79 Å². The minimum absolute atomic E-state index is 0.0277. The summed E-state index contributed by atoms with van der Waals surface area (Å²) in [5.74, 6) is 0.162. The predicted octanol–water partition coefficient (Wildman–Crippen LogP) is 3.77. The van der Waals surface area contributed by atoms with E-state index in [1.807, 2.05) is 56.3 Å². The van der Waals surface area contributed by atoms with Gasteiger partial charge in [0.15, 0.2) is 0 Å². The SMILES string of the molecule is COc1ccc(C)cc1N/C=C(/C#N)C(=O)Nc1cccc(C)c1. The average molecular weight is 321 g/mol. The summed E-state index contributed by atoms with van der Waals surface area (Å²) in [6.07, 6.45) is 1.38. The fourth-order valence-corrected chi connectivity index (χ4v) is 2.15. The number of ether oxygens (including phenoxy) is 1. The van der Waals surface area contributed by atoms with Gasteiger partial charge in [0.05, 0.1) is 12.8 Å². The number of hydrogen-bond donors (Lipinski definition) is 2. The van der Waals surface area contributed by atoms with Crippen molar-refractivity contribution in [2.45, 2.75) is 13.8 Å². The number of anilines is 2. The maximum absolute atomic E-state index is 12.2. The number of rotatable bonds is 5. The van der Waals surface area contributed by atoms with Gasteiger partial charge >= 0.3 is 0 Å². The van der Waals surface area contributed by atoms with Crippen molar-refractivity contribution in [3.8, 4) is 11.8 Å². The van der Waals surface area contributed by atoms with Gasteiger partial charge in [-0.25, -0.2) is 0 Å². The molecular weight excluding hydrogens is 302 g/mol. The molecule has 1 amide bonds. The number of methoxy groups -OCH3 is 1. The third kappa shape index (κ3) is 4.37. The zero-order valence-corrected chi connectivity index (χ0v) is 13.9. The lowest BCUT2D eigenvalue weighted by atomic mass is 10.2. The van der Waals surface area contributed by atoms with E-state index in [9.17, 15) is 10.1 Å². The molecule has 0 aliphatic heterocycles. The summed E-state index contributed by atoms with van der Waals surface area (Å²) < 4.78 is 5.26. The lowest BCUT2D eigenvalue weighted by molar-refractivity contribution is -0.112. The third-order valence-electron chi connectivity index (χ3n) is 3.37. The molecule has 5 nitrogen and oxygen atoms in total. The van der Waals surface area contributed by atoms with Crippen molar-refractivity contribution in [3.05, 3.63) is 65.4 Å². The Balaban J connectivity index is 2.16. The molecule has 0 heterocycles. The van der Waals surface area contributed by atoms with Crippen LogP contribution in [0.3, 0.4) is 0 Å². The Bertz CT molecular complexity index is 820. The molecule has 0 aliphatic rings. The van der Waals surface area contributed by atoms with Gasteiger partial charge in [0.25, 0.3) is 5.91 Å². The highest BCUT2D eigenvalue weighted by Gasteiger charge is 2.10. The topological polar surface area (TPSA) is 74.1 Å². The van der Waals surface area contributed by atoms with Crippen molar-refractivity contribution in [2.24, 2.45) is 0 Å². The van der Waals surface area contributed by atoms with Gasteiger partial charge in [0.2, 0.25) is 0 Å². The first-order valence-electron chi connectivity index (χ1n) is 7.43. The van der Waals surface area contributed by atoms with Crippen LogP contribution < -0.4 is 15.4 Å². The number of benzene rings is 2. The molecule has 0 bridgehead atoms. The van der Waals surface area contributed by atoms with Gasteiger partial charge in [-0.05, 0) is 49.2 Å². The smallest absolute Gasteiger partial charge is 0.267 e. The van der Waals surface area contributed by atoms with Crippen LogP contribution in [0.4, 0.5) is 11.4 Å². The summed E-state index contributed by atoms with van der Waals surface area (Å²) in [5, 5.41) is 14.9. The van der Waals surface area contributed by atoms with Gasteiger partial charge in [-0.1, -0.05) is 18.2 Å². The van der Waals surface area contributed by atoms with Crippen LogP contribution in [0.1, 0.15) is 11.1 Å². The lowest BCUT2D eigenvalue weighted by Gasteiger charge is -2.10. The third-order valence-corrected chi connectivity index (χ3v) is 3.37. The van der Waals surface area contributed by atoms with Crippen molar-refractivity contribution < 1.29 is 9.53 Å². The Morgan fingerprint density at radius 3 is 2.58 bits per heavy atom. The summed E-state index contributed by atoms with van der Waals surface area (Å²) in [6.45, 7) is 3.88. The molecule has 0 unspecified atom stereocenters. The molecule has 0 spiro atoms. The molecule has 2 aromatic rings. The highest BCUT2D eigenvalue weighted by atomic mass is 16.5. The van der Waals surface area contributed by atoms with Gasteiger partial charge in [-0.2, -0.15) is 5.26 Å². The number of aryl methyl sites for hydroxylation is 2. The van der Waals surface area contributed by atoms with E-state index >= 15 is 0 Å². The molecule has 0 saturated heterocycles. The molecule has 122 valence electrons. The van der Waals surface area contributed by atoms with Gasteiger partial charge in [-0.3, -0.25) is 4.79 Å². The summed E-state index contributed by atoms with van der Waals surface area (Å²) in [7, 11) is 1.56. The first-order chi connectivity index (χ1) is 11.5. The summed E-state index contributed by atoms with van der Waals surface area (Å²) in [6, 6.07) is 14.9. The van der Waals surface area contributed by atoms with Crippen LogP contribution in [0.25, 0.3) is 0 Å². The fourth-order valence-electron chi connectivity index (χ4n) is 2.15. The van der Waals surface area contributed by atoms with Crippen LogP contribution in [0.5, 0.6) is 5.75 Å². The second kappa shape index (κ2) is 7.84. The molecule has 0 radical (unpaired) electrons.